The van der Waals surface area contributed by atoms with Gasteiger partial charge in [-0.15, -0.1) is 0 Å². The van der Waals surface area contributed by atoms with E-state index in [1.165, 1.54) is 32.1 Å². The lowest BCUT2D eigenvalue weighted by atomic mass is 9.84. The number of anilines is 3. The Labute approximate surface area is 166 Å². The first-order chi connectivity index (χ1) is 13.5. The van der Waals surface area contributed by atoms with Gasteiger partial charge in [0.1, 0.15) is 11.5 Å². The highest BCUT2D eigenvalue weighted by molar-refractivity contribution is 5.88. The second kappa shape index (κ2) is 7.81. The molecule has 7 nitrogen and oxygen atoms in total. The molecule has 4 rings (SSSR count). The average Bonchev–Trinajstić information content (AvgIpc) is 3.30. The summed E-state index contributed by atoms with van der Waals surface area (Å²) in [5, 5.41) is 12.5. The Kier molecular flexibility index (Phi) is 5.24. The molecule has 3 aromatic rings. The second-order valence-corrected chi connectivity index (χ2v) is 8.27. The molecule has 150 valence electrons. The maximum Gasteiger partial charge on any atom is 0.231 e. The van der Waals surface area contributed by atoms with Crippen molar-refractivity contribution in [2.75, 3.05) is 10.6 Å². The van der Waals surface area contributed by atoms with Crippen LogP contribution in [0.15, 0.2) is 18.5 Å². The zero-order chi connectivity index (χ0) is 19.7. The Balaban J connectivity index is 1.60. The number of nitrogens with one attached hydrogen (secondary N) is 3. The molecule has 0 radical (unpaired) electrons. The molecule has 0 bridgehead atoms. The summed E-state index contributed by atoms with van der Waals surface area (Å²) in [6.45, 7) is 8.59. The normalized spacial score (nSPS) is 16.6. The molecule has 0 aromatic carbocycles. The zero-order valence-electron chi connectivity index (χ0n) is 17.3. The summed E-state index contributed by atoms with van der Waals surface area (Å²) in [6.07, 6.45) is 10.4. The van der Waals surface area contributed by atoms with E-state index in [1.807, 2.05) is 23.1 Å². The summed E-state index contributed by atoms with van der Waals surface area (Å²) in [5.41, 5.74) is 2.85. The molecule has 0 amide bonds. The maximum absolute atomic E-state index is 4.81. The molecule has 3 N–H and O–H groups in total. The van der Waals surface area contributed by atoms with Crippen LogP contribution in [0.5, 0.6) is 0 Å². The summed E-state index contributed by atoms with van der Waals surface area (Å²) in [4.78, 5) is 12.7. The van der Waals surface area contributed by atoms with E-state index in [-0.39, 0.29) is 0 Å². The lowest BCUT2D eigenvalue weighted by Crippen LogP contribution is -2.28. The molecule has 1 unspecified atom stereocenters. The van der Waals surface area contributed by atoms with Crippen molar-refractivity contribution < 1.29 is 0 Å². The number of nitrogens with zero attached hydrogens (tertiary/aromatic N) is 4. The van der Waals surface area contributed by atoms with Crippen LogP contribution in [-0.4, -0.2) is 30.8 Å². The van der Waals surface area contributed by atoms with Crippen LogP contribution < -0.4 is 10.6 Å². The van der Waals surface area contributed by atoms with Gasteiger partial charge >= 0.3 is 0 Å². The predicted octanol–water partition coefficient (Wildman–Crippen LogP) is 5.17. The smallest absolute Gasteiger partial charge is 0.231 e. The molecule has 1 atom stereocenters. The Morgan fingerprint density at radius 1 is 1.14 bits per heavy atom. The molecule has 3 heterocycles. The standard InChI is InChI=1S/C21H31N7/c1-13(2)28-15(4)18(12-23-28)25-21-26-19-17(10-11-22-19)20(27-21)24-14(3)16-8-6-5-7-9-16/h10-14,16H,5-9H2,1-4H3,(H3,22,24,25,26,27). The highest BCUT2D eigenvalue weighted by atomic mass is 15.3. The lowest BCUT2D eigenvalue weighted by Gasteiger charge is -2.28. The van der Waals surface area contributed by atoms with Crippen LogP contribution >= 0.6 is 0 Å². The molecule has 7 heteroatoms. The van der Waals surface area contributed by atoms with E-state index in [1.54, 1.807) is 0 Å². The highest BCUT2D eigenvalue weighted by Gasteiger charge is 2.21. The molecule has 1 saturated carbocycles. The first-order valence-electron chi connectivity index (χ1n) is 10.5. The predicted molar refractivity (Wildman–Crippen MR) is 114 cm³/mol. The fourth-order valence-electron chi connectivity index (χ4n) is 4.26. The van der Waals surface area contributed by atoms with Gasteiger partial charge in [-0.25, -0.2) is 0 Å². The lowest BCUT2D eigenvalue weighted by molar-refractivity contribution is 0.328. The molecule has 3 aromatic heterocycles. The fraction of sp³-hybridized carbons (Fsp3) is 0.571. The number of rotatable bonds is 6. The van der Waals surface area contributed by atoms with Crippen LogP contribution in [0, 0.1) is 12.8 Å². The van der Waals surface area contributed by atoms with Crippen LogP contribution in [0.1, 0.15) is 64.6 Å². The maximum atomic E-state index is 4.81. The summed E-state index contributed by atoms with van der Waals surface area (Å²) < 4.78 is 2.00. The van der Waals surface area contributed by atoms with Crippen LogP contribution in [-0.2, 0) is 0 Å². The molecule has 0 aliphatic heterocycles. The van der Waals surface area contributed by atoms with Crippen molar-refractivity contribution in [3.05, 3.63) is 24.2 Å². The third kappa shape index (κ3) is 3.70. The number of aromatic nitrogens is 5. The van der Waals surface area contributed by atoms with E-state index < -0.39 is 0 Å². The zero-order valence-corrected chi connectivity index (χ0v) is 17.3. The van der Waals surface area contributed by atoms with Gasteiger partial charge in [-0.2, -0.15) is 15.1 Å². The minimum atomic E-state index is 0.316. The number of hydrogen-bond donors (Lipinski definition) is 3. The quantitative estimate of drug-likeness (QED) is 0.549. The largest absolute Gasteiger partial charge is 0.367 e. The molecule has 0 spiro atoms. The van der Waals surface area contributed by atoms with E-state index >= 15 is 0 Å². The van der Waals surface area contributed by atoms with Gasteiger partial charge in [0.05, 0.1) is 23.0 Å². The van der Waals surface area contributed by atoms with Crippen molar-refractivity contribution in [3.8, 4) is 0 Å². The summed E-state index contributed by atoms with van der Waals surface area (Å²) in [5.74, 6) is 2.18. The van der Waals surface area contributed by atoms with Crippen molar-refractivity contribution in [3.63, 3.8) is 0 Å². The van der Waals surface area contributed by atoms with Gasteiger partial charge in [0, 0.05) is 18.3 Å². The first kappa shape index (κ1) is 18.8. The molecule has 28 heavy (non-hydrogen) atoms. The molecule has 0 saturated heterocycles. The fourth-order valence-corrected chi connectivity index (χ4v) is 4.26. The number of H-pyrrole nitrogens is 1. The van der Waals surface area contributed by atoms with Crippen molar-refractivity contribution in [1.82, 2.24) is 24.7 Å². The van der Waals surface area contributed by atoms with Gasteiger partial charge in [-0.05, 0) is 52.5 Å². The molecule has 1 fully saturated rings. The van der Waals surface area contributed by atoms with E-state index in [0.29, 0.717) is 23.9 Å². The van der Waals surface area contributed by atoms with E-state index in [9.17, 15) is 0 Å². The highest BCUT2D eigenvalue weighted by Crippen LogP contribution is 2.30. The van der Waals surface area contributed by atoms with Crippen LogP contribution in [0.4, 0.5) is 17.5 Å². The van der Waals surface area contributed by atoms with Crippen LogP contribution in [0.3, 0.4) is 0 Å². The molecular weight excluding hydrogens is 350 g/mol. The van der Waals surface area contributed by atoms with Crippen LogP contribution in [0.2, 0.25) is 0 Å². The Morgan fingerprint density at radius 2 is 1.93 bits per heavy atom. The number of aromatic amines is 1. The molecule has 1 aliphatic carbocycles. The van der Waals surface area contributed by atoms with Gasteiger partial charge in [0.25, 0.3) is 0 Å². The van der Waals surface area contributed by atoms with Gasteiger partial charge in [0.2, 0.25) is 5.95 Å². The third-order valence-corrected chi connectivity index (χ3v) is 5.92. The van der Waals surface area contributed by atoms with Crippen LogP contribution in [0.25, 0.3) is 11.0 Å². The van der Waals surface area contributed by atoms with E-state index in [2.05, 4.69) is 53.4 Å². The van der Waals surface area contributed by atoms with E-state index in [4.69, 9.17) is 4.98 Å². The Morgan fingerprint density at radius 3 is 2.64 bits per heavy atom. The van der Waals surface area contributed by atoms with Gasteiger partial charge in [-0.3, -0.25) is 4.68 Å². The van der Waals surface area contributed by atoms with Crippen molar-refractivity contribution in [2.24, 2.45) is 5.92 Å². The summed E-state index contributed by atoms with van der Waals surface area (Å²) in [7, 11) is 0. The number of fused-ring (bicyclic) bond motifs is 1. The number of hydrogen-bond acceptors (Lipinski definition) is 5. The summed E-state index contributed by atoms with van der Waals surface area (Å²) >= 11 is 0. The Hall–Kier alpha value is -2.57. The minimum Gasteiger partial charge on any atom is -0.367 e. The minimum absolute atomic E-state index is 0.316. The second-order valence-electron chi connectivity index (χ2n) is 8.27. The monoisotopic (exact) mass is 381 g/mol. The third-order valence-electron chi connectivity index (χ3n) is 5.92. The topological polar surface area (TPSA) is 83.4 Å². The van der Waals surface area contributed by atoms with Gasteiger partial charge < -0.3 is 15.6 Å². The average molecular weight is 382 g/mol. The van der Waals surface area contributed by atoms with Gasteiger partial charge in [-0.1, -0.05) is 19.3 Å². The van der Waals surface area contributed by atoms with Gasteiger partial charge in [0.15, 0.2) is 0 Å². The molecule has 1 aliphatic rings. The SMILES string of the molecule is Cc1c(Nc2nc(NC(C)C3CCCCC3)c3cc[nH]c3n2)cnn1C(C)C. The summed E-state index contributed by atoms with van der Waals surface area (Å²) in [6, 6.07) is 2.75. The molecular formula is C21H31N7. The van der Waals surface area contributed by atoms with Crippen molar-refractivity contribution >= 4 is 28.5 Å². The van der Waals surface area contributed by atoms with E-state index in [0.717, 1.165) is 28.2 Å². The van der Waals surface area contributed by atoms with Crippen molar-refractivity contribution in [1.29, 1.82) is 0 Å². The Bertz CT molecular complexity index is 934. The first-order valence-corrected chi connectivity index (χ1v) is 10.5. The van der Waals surface area contributed by atoms with Crippen molar-refractivity contribution in [2.45, 2.75) is 71.9 Å².